The molecule has 142 valence electrons. The van der Waals surface area contributed by atoms with Crippen molar-refractivity contribution < 1.29 is 27.4 Å². The van der Waals surface area contributed by atoms with Crippen LogP contribution in [0.1, 0.15) is 12.5 Å². The molecule has 0 saturated carbocycles. The molecule has 0 aliphatic heterocycles. The van der Waals surface area contributed by atoms with Crippen LogP contribution in [0.15, 0.2) is 42.7 Å². The van der Waals surface area contributed by atoms with E-state index in [9.17, 15) is 18.0 Å². The van der Waals surface area contributed by atoms with E-state index in [4.69, 9.17) is 16.3 Å². The minimum absolute atomic E-state index is 0.302. The molecule has 5 nitrogen and oxygen atoms in total. The molecule has 0 bridgehead atoms. The Morgan fingerprint density at radius 3 is 2.67 bits per heavy atom. The van der Waals surface area contributed by atoms with E-state index >= 15 is 0 Å². The fourth-order valence-electron chi connectivity index (χ4n) is 2.66. The Morgan fingerprint density at radius 2 is 2.00 bits per heavy atom. The maximum atomic E-state index is 13.5. The van der Waals surface area contributed by atoms with Gasteiger partial charge in [0.05, 0.1) is 17.6 Å². The number of hydrogen-bond acceptors (Lipinski definition) is 4. The second kappa shape index (κ2) is 7.11. The number of aromatic nitrogens is 2. The molecule has 0 aliphatic carbocycles. The Bertz CT molecular complexity index is 1000. The van der Waals surface area contributed by atoms with Gasteiger partial charge in [0.1, 0.15) is 11.3 Å². The van der Waals surface area contributed by atoms with E-state index in [0.29, 0.717) is 16.7 Å². The van der Waals surface area contributed by atoms with Crippen LogP contribution in [-0.2, 0) is 15.7 Å². The molecule has 0 radical (unpaired) electrons. The largest absolute Gasteiger partial charge is 0.479 e. The lowest BCUT2D eigenvalue weighted by molar-refractivity contribution is -0.148. The minimum atomic E-state index is -4.68. The zero-order valence-corrected chi connectivity index (χ0v) is 15.0. The highest BCUT2D eigenvalue weighted by atomic mass is 35.5. The number of carbonyl (C=O) groups excluding carboxylic acids is 1. The maximum absolute atomic E-state index is 13.5. The molecule has 2 heterocycles. The van der Waals surface area contributed by atoms with E-state index in [0.717, 1.165) is 6.07 Å². The number of esters is 1. The molecule has 0 saturated heterocycles. The Hall–Kier alpha value is -2.74. The molecule has 3 rings (SSSR count). The van der Waals surface area contributed by atoms with E-state index < -0.39 is 28.8 Å². The second-order valence-corrected chi connectivity index (χ2v) is 6.09. The zero-order valence-electron chi connectivity index (χ0n) is 14.2. The van der Waals surface area contributed by atoms with E-state index in [2.05, 4.69) is 9.72 Å². The van der Waals surface area contributed by atoms with Crippen molar-refractivity contribution in [1.82, 2.24) is 9.55 Å². The summed E-state index contributed by atoms with van der Waals surface area (Å²) in [6.45, 7) is 1.51. The quantitative estimate of drug-likeness (QED) is 0.601. The summed E-state index contributed by atoms with van der Waals surface area (Å²) in [6.07, 6.45) is -2.87. The van der Waals surface area contributed by atoms with Crippen molar-refractivity contribution >= 4 is 28.5 Å². The molecule has 0 spiro atoms. The number of alkyl halides is 3. The summed E-state index contributed by atoms with van der Waals surface area (Å²) in [5, 5.41) is 0.226. The van der Waals surface area contributed by atoms with Gasteiger partial charge < -0.3 is 14.0 Å². The molecule has 0 aliphatic rings. The van der Waals surface area contributed by atoms with Crippen molar-refractivity contribution in [1.29, 1.82) is 0 Å². The first-order valence-corrected chi connectivity index (χ1v) is 8.18. The van der Waals surface area contributed by atoms with E-state index in [-0.39, 0.29) is 5.82 Å². The number of benzene rings is 1. The predicted molar refractivity (Wildman–Crippen MR) is 93.2 cm³/mol. The topological polar surface area (TPSA) is 53.4 Å². The van der Waals surface area contributed by atoms with Gasteiger partial charge in [-0.25, -0.2) is 9.78 Å². The number of halogens is 4. The summed E-state index contributed by atoms with van der Waals surface area (Å²) < 4.78 is 51.8. The van der Waals surface area contributed by atoms with Gasteiger partial charge in [-0.1, -0.05) is 11.6 Å². The summed E-state index contributed by atoms with van der Waals surface area (Å²) in [6, 6.07) is 7.54. The van der Waals surface area contributed by atoms with Crippen LogP contribution in [-0.4, -0.2) is 28.7 Å². The lowest BCUT2D eigenvalue weighted by Crippen LogP contribution is -2.24. The number of nitrogens with zero attached hydrogens (tertiary/aromatic N) is 2. The fraction of sp³-hybridized carbons (Fsp3) is 0.222. The highest BCUT2D eigenvalue weighted by Gasteiger charge is 2.37. The van der Waals surface area contributed by atoms with E-state index in [1.165, 1.54) is 37.1 Å². The summed E-state index contributed by atoms with van der Waals surface area (Å²) in [7, 11) is 1.24. The number of methoxy groups -OCH3 is 1. The van der Waals surface area contributed by atoms with Crippen LogP contribution in [0.25, 0.3) is 16.7 Å². The highest BCUT2D eigenvalue weighted by molar-refractivity contribution is 6.31. The van der Waals surface area contributed by atoms with Gasteiger partial charge in [0.2, 0.25) is 0 Å². The molecule has 0 fully saturated rings. The first-order valence-electron chi connectivity index (χ1n) is 7.80. The minimum Gasteiger partial charge on any atom is -0.479 e. The monoisotopic (exact) mass is 398 g/mol. The Morgan fingerprint density at radius 1 is 1.26 bits per heavy atom. The average molecular weight is 399 g/mol. The van der Waals surface area contributed by atoms with Crippen molar-refractivity contribution in [3.63, 3.8) is 0 Å². The van der Waals surface area contributed by atoms with Crippen molar-refractivity contribution in [2.45, 2.75) is 19.2 Å². The molecule has 1 aromatic carbocycles. The molecule has 2 aromatic heterocycles. The van der Waals surface area contributed by atoms with Gasteiger partial charge in [-0.3, -0.25) is 0 Å². The first kappa shape index (κ1) is 19.0. The van der Waals surface area contributed by atoms with Crippen molar-refractivity contribution in [3.8, 4) is 11.6 Å². The summed E-state index contributed by atoms with van der Waals surface area (Å²) in [5.41, 5.74) is -0.608. The molecule has 1 unspecified atom stereocenters. The lowest BCUT2D eigenvalue weighted by atomic mass is 10.2. The van der Waals surface area contributed by atoms with Gasteiger partial charge in [0.15, 0.2) is 11.9 Å². The van der Waals surface area contributed by atoms with Crippen molar-refractivity contribution in [2.24, 2.45) is 0 Å². The number of carbonyl (C=O) groups is 1. The van der Waals surface area contributed by atoms with Crippen LogP contribution >= 0.6 is 11.6 Å². The van der Waals surface area contributed by atoms with Gasteiger partial charge in [0, 0.05) is 23.8 Å². The SMILES string of the molecule is COC(=O)C(C)Oc1ccc2ccn(-c3nccc(Cl)c3C(F)(F)F)c2c1. The molecule has 0 N–H and O–H groups in total. The van der Waals surface area contributed by atoms with Crippen molar-refractivity contribution in [2.75, 3.05) is 7.11 Å². The number of pyridine rings is 1. The maximum Gasteiger partial charge on any atom is 0.421 e. The summed E-state index contributed by atoms with van der Waals surface area (Å²) >= 11 is 5.78. The first-order chi connectivity index (χ1) is 12.7. The van der Waals surface area contributed by atoms with Crippen LogP contribution in [0, 0.1) is 0 Å². The smallest absolute Gasteiger partial charge is 0.421 e. The zero-order chi connectivity index (χ0) is 19.8. The van der Waals surface area contributed by atoms with Crippen LogP contribution < -0.4 is 4.74 Å². The molecule has 1 atom stereocenters. The predicted octanol–water partition coefficient (Wildman–Crippen LogP) is 4.64. The second-order valence-electron chi connectivity index (χ2n) is 5.68. The van der Waals surface area contributed by atoms with Crippen LogP contribution in [0.3, 0.4) is 0 Å². The molecular weight excluding hydrogens is 385 g/mol. The van der Waals surface area contributed by atoms with Gasteiger partial charge in [-0.15, -0.1) is 0 Å². The summed E-state index contributed by atoms with van der Waals surface area (Å²) in [4.78, 5) is 15.4. The molecular formula is C18H14ClF3N2O3. The van der Waals surface area contributed by atoms with Gasteiger partial charge in [-0.2, -0.15) is 13.2 Å². The molecule has 3 aromatic rings. The lowest BCUT2D eigenvalue weighted by Gasteiger charge is -2.16. The number of fused-ring (bicyclic) bond motifs is 1. The standard InChI is InChI=1S/C18H14ClF3N2O3/c1-10(17(25)26-2)27-12-4-3-11-6-8-24(14(11)9-12)16-15(18(20,21)22)13(19)5-7-23-16/h3-10H,1-2H3. The van der Waals surface area contributed by atoms with Crippen LogP contribution in [0.5, 0.6) is 5.75 Å². The van der Waals surface area contributed by atoms with Gasteiger partial charge >= 0.3 is 12.1 Å². The van der Waals surface area contributed by atoms with Crippen LogP contribution in [0.2, 0.25) is 5.02 Å². The van der Waals surface area contributed by atoms with Gasteiger partial charge in [0.25, 0.3) is 0 Å². The Kier molecular flexibility index (Phi) is 5.01. The number of ether oxygens (including phenoxy) is 2. The normalized spacial score (nSPS) is 12.8. The molecule has 0 amide bonds. The summed E-state index contributed by atoms with van der Waals surface area (Å²) in [5.74, 6) is -0.611. The Balaban J connectivity index is 2.11. The third-order valence-corrected chi connectivity index (χ3v) is 4.22. The average Bonchev–Trinajstić information content (AvgIpc) is 3.02. The van der Waals surface area contributed by atoms with Crippen LogP contribution in [0.4, 0.5) is 13.2 Å². The van der Waals surface area contributed by atoms with E-state index in [1.54, 1.807) is 18.2 Å². The molecule has 27 heavy (non-hydrogen) atoms. The van der Waals surface area contributed by atoms with Crippen molar-refractivity contribution in [3.05, 3.63) is 53.3 Å². The fourth-order valence-corrected chi connectivity index (χ4v) is 2.91. The number of rotatable bonds is 4. The third kappa shape index (κ3) is 3.71. The highest BCUT2D eigenvalue weighted by Crippen LogP contribution is 2.39. The number of hydrogen-bond donors (Lipinski definition) is 0. The Labute approximate surface area is 157 Å². The third-order valence-electron chi connectivity index (χ3n) is 3.90. The van der Waals surface area contributed by atoms with Gasteiger partial charge in [-0.05, 0) is 31.2 Å². The van der Waals surface area contributed by atoms with E-state index in [1.807, 2.05) is 0 Å². The molecule has 9 heteroatoms.